The number of anilines is 1. The second kappa shape index (κ2) is 4.42. The number of nitrogens with one attached hydrogen (secondary N) is 1. The van der Waals surface area contributed by atoms with Crippen LogP contribution in [0.1, 0.15) is 20.8 Å². The van der Waals surface area contributed by atoms with Crippen LogP contribution in [0, 0.1) is 11.8 Å². The summed E-state index contributed by atoms with van der Waals surface area (Å²) in [5.74, 6) is -2.06. The van der Waals surface area contributed by atoms with E-state index >= 15 is 0 Å². The summed E-state index contributed by atoms with van der Waals surface area (Å²) in [7, 11) is 0. The number of ether oxygens (including phenoxy) is 1. The first-order chi connectivity index (χ1) is 7.26. The normalized spacial score (nSPS) is 11.1. The van der Waals surface area contributed by atoms with Gasteiger partial charge in [0.15, 0.2) is 0 Å². The molecular formula is C10H12F2N2O2. The number of rotatable bonds is 1. The molecule has 6 heteroatoms. The lowest BCUT2D eigenvalue weighted by Gasteiger charge is -2.19. The van der Waals surface area contributed by atoms with Crippen molar-refractivity contribution in [1.29, 1.82) is 0 Å². The van der Waals surface area contributed by atoms with Crippen molar-refractivity contribution in [2.75, 3.05) is 5.32 Å². The number of aromatic nitrogens is 1. The van der Waals surface area contributed by atoms with E-state index in [9.17, 15) is 13.6 Å². The van der Waals surface area contributed by atoms with E-state index in [0.29, 0.717) is 6.07 Å². The Balaban J connectivity index is 2.70. The number of hydrogen-bond donors (Lipinski definition) is 1. The number of amides is 1. The fourth-order valence-corrected chi connectivity index (χ4v) is 0.938. The van der Waals surface area contributed by atoms with E-state index in [4.69, 9.17) is 4.74 Å². The van der Waals surface area contributed by atoms with Crippen molar-refractivity contribution < 1.29 is 18.3 Å². The summed E-state index contributed by atoms with van der Waals surface area (Å²) in [4.78, 5) is 14.5. The lowest BCUT2D eigenvalue weighted by atomic mass is 10.2. The molecule has 0 aliphatic rings. The zero-order valence-corrected chi connectivity index (χ0v) is 9.17. The van der Waals surface area contributed by atoms with Crippen LogP contribution in [0.25, 0.3) is 0 Å². The van der Waals surface area contributed by atoms with Gasteiger partial charge in [0, 0.05) is 12.1 Å². The van der Waals surface area contributed by atoms with Gasteiger partial charge in [-0.3, -0.25) is 5.32 Å². The molecule has 0 aliphatic carbocycles. The molecule has 4 nitrogen and oxygen atoms in total. The summed E-state index contributed by atoms with van der Waals surface area (Å²) in [5, 5.41) is 2.13. The van der Waals surface area contributed by atoms with E-state index in [0.717, 1.165) is 6.07 Å². The molecule has 0 unspecified atom stereocenters. The van der Waals surface area contributed by atoms with Crippen molar-refractivity contribution in [1.82, 2.24) is 4.98 Å². The predicted octanol–water partition coefficient (Wildman–Crippen LogP) is 2.71. The van der Waals surface area contributed by atoms with Crippen molar-refractivity contribution in [3.8, 4) is 0 Å². The van der Waals surface area contributed by atoms with Gasteiger partial charge in [0.25, 0.3) is 0 Å². The monoisotopic (exact) mass is 230 g/mol. The van der Waals surface area contributed by atoms with Crippen LogP contribution in [0.5, 0.6) is 0 Å². The molecule has 0 fully saturated rings. The Morgan fingerprint density at radius 2 is 2.00 bits per heavy atom. The first kappa shape index (κ1) is 12.4. The zero-order valence-electron chi connectivity index (χ0n) is 9.17. The molecular weight excluding hydrogens is 218 g/mol. The highest BCUT2D eigenvalue weighted by atomic mass is 19.1. The van der Waals surface area contributed by atoms with E-state index < -0.39 is 23.5 Å². The summed E-state index contributed by atoms with van der Waals surface area (Å²) >= 11 is 0. The maximum Gasteiger partial charge on any atom is 0.413 e. The van der Waals surface area contributed by atoms with E-state index in [1.54, 1.807) is 20.8 Å². The Labute approximate surface area is 91.6 Å². The molecule has 0 bridgehead atoms. The zero-order chi connectivity index (χ0) is 12.3. The van der Waals surface area contributed by atoms with Crippen LogP contribution in [-0.4, -0.2) is 16.7 Å². The van der Waals surface area contributed by atoms with Crippen LogP contribution < -0.4 is 5.32 Å². The molecule has 0 aliphatic heterocycles. The third-order valence-electron chi connectivity index (χ3n) is 1.39. The number of pyridine rings is 1. The summed E-state index contributed by atoms with van der Waals surface area (Å²) < 4.78 is 30.3. The second-order valence-corrected chi connectivity index (χ2v) is 4.12. The van der Waals surface area contributed by atoms with Crippen molar-refractivity contribution in [2.24, 2.45) is 0 Å². The average molecular weight is 230 g/mol. The van der Waals surface area contributed by atoms with Gasteiger partial charge in [-0.2, -0.15) is 4.39 Å². The predicted molar refractivity (Wildman–Crippen MR) is 54.0 cm³/mol. The fourth-order valence-electron chi connectivity index (χ4n) is 0.938. The molecule has 0 aromatic carbocycles. The molecule has 1 heterocycles. The Bertz CT molecular complexity index is 382. The Morgan fingerprint density at radius 3 is 2.50 bits per heavy atom. The van der Waals surface area contributed by atoms with Crippen LogP contribution >= 0.6 is 0 Å². The van der Waals surface area contributed by atoms with Crippen LogP contribution in [0.3, 0.4) is 0 Å². The molecule has 1 amide bonds. The number of carbonyl (C=O) groups excluding carboxylic acids is 1. The van der Waals surface area contributed by atoms with Crippen molar-refractivity contribution >= 4 is 11.9 Å². The van der Waals surface area contributed by atoms with Crippen molar-refractivity contribution in [3.63, 3.8) is 0 Å². The second-order valence-electron chi connectivity index (χ2n) is 4.12. The van der Waals surface area contributed by atoms with E-state index in [-0.39, 0.29) is 5.82 Å². The average Bonchev–Trinajstić information content (AvgIpc) is 1.96. The summed E-state index contributed by atoms with van der Waals surface area (Å²) in [6.45, 7) is 5.02. The van der Waals surface area contributed by atoms with Gasteiger partial charge in [-0.25, -0.2) is 14.2 Å². The Kier molecular flexibility index (Phi) is 3.41. The molecule has 0 radical (unpaired) electrons. The van der Waals surface area contributed by atoms with Crippen LogP contribution in [0.15, 0.2) is 12.1 Å². The van der Waals surface area contributed by atoms with Crippen molar-refractivity contribution in [3.05, 3.63) is 23.9 Å². The highest BCUT2D eigenvalue weighted by Crippen LogP contribution is 2.11. The van der Waals surface area contributed by atoms with Gasteiger partial charge < -0.3 is 4.74 Å². The van der Waals surface area contributed by atoms with Gasteiger partial charge >= 0.3 is 6.09 Å². The highest BCUT2D eigenvalue weighted by Gasteiger charge is 2.16. The quantitative estimate of drug-likeness (QED) is 0.754. The van der Waals surface area contributed by atoms with Crippen molar-refractivity contribution in [2.45, 2.75) is 26.4 Å². The Morgan fingerprint density at radius 1 is 1.38 bits per heavy atom. The molecule has 1 rings (SSSR count). The minimum atomic E-state index is -1.01. The maximum atomic E-state index is 12.7. The molecule has 0 saturated carbocycles. The number of nitrogens with zero attached hydrogens (tertiary/aromatic N) is 1. The van der Waals surface area contributed by atoms with Gasteiger partial charge in [-0.05, 0) is 20.8 Å². The molecule has 0 saturated heterocycles. The van der Waals surface area contributed by atoms with Crippen LogP contribution in [-0.2, 0) is 4.74 Å². The summed E-state index contributed by atoms with van der Waals surface area (Å²) in [6.07, 6.45) is -0.815. The largest absolute Gasteiger partial charge is 0.444 e. The third-order valence-corrected chi connectivity index (χ3v) is 1.39. The van der Waals surface area contributed by atoms with E-state index in [1.807, 2.05) is 0 Å². The van der Waals surface area contributed by atoms with Gasteiger partial charge in [0.05, 0.1) is 0 Å². The fraction of sp³-hybridized carbons (Fsp3) is 0.400. The van der Waals surface area contributed by atoms with Gasteiger partial charge in [-0.15, -0.1) is 0 Å². The molecule has 16 heavy (non-hydrogen) atoms. The SMILES string of the molecule is CC(C)(C)OC(=O)Nc1cc(F)cc(F)n1. The summed E-state index contributed by atoms with van der Waals surface area (Å²) in [5.41, 5.74) is -0.685. The third kappa shape index (κ3) is 4.20. The smallest absolute Gasteiger partial charge is 0.413 e. The molecule has 1 aromatic heterocycles. The molecule has 0 atom stereocenters. The van der Waals surface area contributed by atoms with Crippen LogP contribution in [0.2, 0.25) is 0 Å². The number of hydrogen-bond acceptors (Lipinski definition) is 3. The minimum Gasteiger partial charge on any atom is -0.444 e. The molecule has 1 N–H and O–H groups in total. The van der Waals surface area contributed by atoms with E-state index in [2.05, 4.69) is 10.3 Å². The van der Waals surface area contributed by atoms with E-state index in [1.165, 1.54) is 0 Å². The molecule has 0 spiro atoms. The maximum absolute atomic E-state index is 12.7. The van der Waals surface area contributed by atoms with Gasteiger partial charge in [-0.1, -0.05) is 0 Å². The minimum absolute atomic E-state index is 0.230. The summed E-state index contributed by atoms with van der Waals surface area (Å²) in [6, 6.07) is 1.51. The molecule has 88 valence electrons. The topological polar surface area (TPSA) is 51.2 Å². The molecule has 1 aromatic rings. The van der Waals surface area contributed by atoms with Gasteiger partial charge in [0.2, 0.25) is 5.95 Å². The standard InChI is InChI=1S/C10H12F2N2O2/c1-10(2,3)16-9(15)14-8-5-6(11)4-7(12)13-8/h4-5H,1-3H3,(H,13,14,15). The number of carbonyl (C=O) groups is 1. The highest BCUT2D eigenvalue weighted by molar-refractivity contribution is 5.83. The first-order valence-electron chi connectivity index (χ1n) is 4.59. The lowest BCUT2D eigenvalue weighted by Crippen LogP contribution is -2.27. The van der Waals surface area contributed by atoms with Gasteiger partial charge in [0.1, 0.15) is 17.2 Å². The number of halogens is 2. The Hall–Kier alpha value is -1.72. The van der Waals surface area contributed by atoms with Crippen LogP contribution in [0.4, 0.5) is 19.4 Å². The first-order valence-corrected chi connectivity index (χ1v) is 4.59. The lowest BCUT2D eigenvalue weighted by molar-refractivity contribution is 0.0635.